The van der Waals surface area contributed by atoms with Gasteiger partial charge >= 0.3 is 0 Å². The first-order chi connectivity index (χ1) is 22.0. The number of para-hydroxylation sites is 1. The van der Waals surface area contributed by atoms with Crippen LogP contribution in [0, 0.1) is 6.92 Å². The van der Waals surface area contributed by atoms with Crippen molar-refractivity contribution in [3.05, 3.63) is 110 Å². The van der Waals surface area contributed by atoms with Gasteiger partial charge in [-0.05, 0) is 79.1 Å². The second-order valence-electron chi connectivity index (χ2n) is 10.4. The molecule has 3 aromatic heterocycles. The summed E-state index contributed by atoms with van der Waals surface area (Å²) in [4.78, 5) is 18.6. The van der Waals surface area contributed by atoms with Crippen molar-refractivity contribution in [2.45, 2.75) is 26.7 Å². The lowest BCUT2D eigenvalue weighted by molar-refractivity contribution is 0.288. The van der Waals surface area contributed by atoms with Crippen molar-refractivity contribution in [2.75, 3.05) is 20.8 Å². The van der Waals surface area contributed by atoms with Crippen LogP contribution in [0.2, 0.25) is 0 Å². The highest BCUT2D eigenvalue weighted by Crippen LogP contribution is 2.30. The molecule has 6 aromatic rings. The Morgan fingerprint density at radius 1 is 0.911 bits per heavy atom. The Morgan fingerprint density at radius 3 is 2.44 bits per heavy atom. The first-order valence-electron chi connectivity index (χ1n) is 14.7. The van der Waals surface area contributed by atoms with Crippen LogP contribution in [0.5, 0.6) is 17.2 Å². The zero-order valence-electron chi connectivity index (χ0n) is 25.6. The zero-order chi connectivity index (χ0) is 31.3. The van der Waals surface area contributed by atoms with E-state index in [1.165, 1.54) is 15.9 Å². The Bertz CT molecular complexity index is 2100. The summed E-state index contributed by atoms with van der Waals surface area (Å²) in [5.74, 6) is 2.62. The number of aryl methyl sites for hydroxylation is 1. The third-order valence-corrected chi connectivity index (χ3v) is 8.24. The summed E-state index contributed by atoms with van der Waals surface area (Å²) in [5, 5.41) is 9.37. The van der Waals surface area contributed by atoms with Crippen LogP contribution in [0.4, 0.5) is 0 Å². The molecule has 0 aliphatic heterocycles. The average molecular weight is 620 g/mol. The van der Waals surface area contributed by atoms with Gasteiger partial charge in [0.25, 0.3) is 5.56 Å². The summed E-state index contributed by atoms with van der Waals surface area (Å²) in [6, 6.07) is 21.6. The number of benzene rings is 3. The maximum atomic E-state index is 13.5. The molecule has 45 heavy (non-hydrogen) atoms. The van der Waals surface area contributed by atoms with Gasteiger partial charge < -0.3 is 14.2 Å². The van der Waals surface area contributed by atoms with Crippen LogP contribution in [0.25, 0.3) is 40.1 Å². The van der Waals surface area contributed by atoms with E-state index in [-0.39, 0.29) is 5.56 Å². The Morgan fingerprint density at radius 2 is 1.71 bits per heavy atom. The fourth-order valence-electron chi connectivity index (χ4n) is 4.92. The van der Waals surface area contributed by atoms with Crippen molar-refractivity contribution in [3.8, 4) is 34.2 Å². The normalized spacial score (nSPS) is 12.0. The molecule has 6 rings (SSSR count). The molecule has 0 N–H and O–H groups in total. The minimum absolute atomic E-state index is 0.235. The molecular weight excluding hydrogens is 586 g/mol. The smallest absolute Gasteiger partial charge is 0.291 e. The molecule has 3 heterocycles. The molecule has 10 heteroatoms. The second-order valence-corrected chi connectivity index (χ2v) is 11.4. The van der Waals surface area contributed by atoms with Crippen molar-refractivity contribution < 1.29 is 14.2 Å². The number of unbranched alkanes of at least 4 members (excludes halogenated alkanes) is 1. The topological polar surface area (TPSA) is 92.8 Å². The zero-order valence-corrected chi connectivity index (χ0v) is 26.4. The van der Waals surface area contributed by atoms with Crippen LogP contribution in [-0.4, -0.2) is 45.2 Å². The summed E-state index contributed by atoms with van der Waals surface area (Å²) in [7, 11) is 3.28. The lowest BCUT2D eigenvalue weighted by atomic mass is 10.0. The molecule has 0 atom stereocenters. The van der Waals surface area contributed by atoms with Crippen LogP contribution in [0.1, 0.15) is 42.3 Å². The Labute approximate surface area is 264 Å². The molecule has 228 valence electrons. The van der Waals surface area contributed by atoms with E-state index in [0.29, 0.717) is 33.4 Å². The van der Waals surface area contributed by atoms with Crippen LogP contribution >= 0.6 is 11.3 Å². The van der Waals surface area contributed by atoms with Crippen molar-refractivity contribution in [1.82, 2.24) is 24.4 Å². The lowest BCUT2D eigenvalue weighted by Gasteiger charge is -2.10. The summed E-state index contributed by atoms with van der Waals surface area (Å²) in [6.07, 6.45) is 9.50. The first kappa shape index (κ1) is 29.8. The molecule has 0 aliphatic rings. The van der Waals surface area contributed by atoms with E-state index in [4.69, 9.17) is 19.3 Å². The number of hydrogen-bond donors (Lipinski definition) is 0. The van der Waals surface area contributed by atoms with Gasteiger partial charge in [-0.1, -0.05) is 55.0 Å². The summed E-state index contributed by atoms with van der Waals surface area (Å²) in [6.45, 7) is 4.77. The number of ether oxygens (including phenoxy) is 3. The summed E-state index contributed by atoms with van der Waals surface area (Å²) in [5.41, 5.74) is 5.06. The Kier molecular flexibility index (Phi) is 8.74. The highest BCUT2D eigenvalue weighted by Gasteiger charge is 2.15. The van der Waals surface area contributed by atoms with Gasteiger partial charge in [-0.2, -0.15) is 14.6 Å². The molecule has 0 radical (unpaired) electrons. The summed E-state index contributed by atoms with van der Waals surface area (Å²) >= 11 is 1.29. The van der Waals surface area contributed by atoms with Crippen LogP contribution in [-0.2, 0) is 0 Å². The van der Waals surface area contributed by atoms with E-state index in [9.17, 15) is 4.79 Å². The molecule has 0 bridgehead atoms. The van der Waals surface area contributed by atoms with Crippen LogP contribution < -0.4 is 24.3 Å². The maximum Gasteiger partial charge on any atom is 0.291 e. The van der Waals surface area contributed by atoms with Gasteiger partial charge in [-0.25, -0.2) is 4.68 Å². The van der Waals surface area contributed by atoms with Gasteiger partial charge in [0.2, 0.25) is 4.96 Å². The van der Waals surface area contributed by atoms with Crippen LogP contribution in [0.3, 0.4) is 0 Å². The first-order valence-corrected chi connectivity index (χ1v) is 15.5. The fourth-order valence-corrected chi connectivity index (χ4v) is 5.83. The minimum atomic E-state index is -0.235. The molecule has 0 amide bonds. The molecule has 0 saturated carbocycles. The van der Waals surface area contributed by atoms with E-state index in [0.717, 1.165) is 52.2 Å². The minimum Gasteiger partial charge on any atom is -0.496 e. The molecule has 0 fully saturated rings. The molecule has 0 unspecified atom stereocenters. The van der Waals surface area contributed by atoms with E-state index in [1.807, 2.05) is 96.7 Å². The predicted molar refractivity (Wildman–Crippen MR) is 179 cm³/mol. The van der Waals surface area contributed by atoms with E-state index < -0.39 is 0 Å². The fraction of sp³-hybridized carbons (Fsp3) is 0.200. The van der Waals surface area contributed by atoms with Gasteiger partial charge in [0.1, 0.15) is 11.4 Å². The Hall–Kier alpha value is -5.22. The number of aromatic nitrogens is 5. The Balaban J connectivity index is 1.32. The highest BCUT2D eigenvalue weighted by molar-refractivity contribution is 7.15. The van der Waals surface area contributed by atoms with Gasteiger partial charge in [-0.3, -0.25) is 4.79 Å². The average Bonchev–Trinajstić information content (AvgIpc) is 3.75. The third-order valence-electron chi connectivity index (χ3n) is 7.28. The number of methoxy groups -OCH3 is 2. The van der Waals surface area contributed by atoms with Crippen LogP contribution in [0.15, 0.2) is 77.7 Å². The highest BCUT2D eigenvalue weighted by atomic mass is 32.1. The molecule has 0 aliphatic carbocycles. The van der Waals surface area contributed by atoms with E-state index >= 15 is 0 Å². The van der Waals surface area contributed by atoms with E-state index in [2.05, 4.69) is 17.0 Å². The number of thiazole rings is 1. The second kappa shape index (κ2) is 13.2. The van der Waals surface area contributed by atoms with Gasteiger partial charge in [0.15, 0.2) is 17.3 Å². The molecule has 0 saturated heterocycles. The van der Waals surface area contributed by atoms with Crippen molar-refractivity contribution in [1.29, 1.82) is 0 Å². The molecule has 3 aromatic carbocycles. The number of hydrogen-bond acceptors (Lipinski definition) is 8. The van der Waals surface area contributed by atoms with Crippen molar-refractivity contribution in [3.63, 3.8) is 0 Å². The van der Waals surface area contributed by atoms with Gasteiger partial charge in [0, 0.05) is 17.3 Å². The quantitative estimate of drug-likeness (QED) is 0.159. The monoisotopic (exact) mass is 619 g/mol. The SMILES string of the molecule is CCCCOc1ccc(/C=C/c2nc3s/c(=C\c4cn(-c5ccccc5)nc4-c4ccc(OC)c(C)c4)c(=O)n3n2)cc1OC. The standard InChI is InChI=1S/C35H33N5O4S/c1-5-6-18-44-29-15-12-24(20-30(29)43-4)13-17-32-36-35-40(37-32)34(41)31(45-35)21-26-22-39(27-10-8-7-9-11-27)38-33(26)25-14-16-28(42-3)23(2)19-25/h7-17,19-22H,5-6,18H2,1-4H3/b17-13+,31-21-. The maximum absolute atomic E-state index is 13.5. The van der Waals surface area contributed by atoms with E-state index in [1.54, 1.807) is 20.3 Å². The van der Waals surface area contributed by atoms with Gasteiger partial charge in [0.05, 0.1) is 31.0 Å². The molecular formula is C35H33N5O4S. The molecule has 9 nitrogen and oxygen atoms in total. The summed E-state index contributed by atoms with van der Waals surface area (Å²) < 4.78 is 20.5. The third kappa shape index (κ3) is 6.37. The number of rotatable bonds is 11. The largest absolute Gasteiger partial charge is 0.496 e. The molecule has 0 spiro atoms. The predicted octanol–water partition coefficient (Wildman–Crippen LogP) is 6.23. The van der Waals surface area contributed by atoms with Crippen molar-refractivity contribution >= 4 is 34.5 Å². The number of nitrogens with zero attached hydrogens (tertiary/aromatic N) is 5. The van der Waals surface area contributed by atoms with Crippen molar-refractivity contribution in [2.24, 2.45) is 0 Å². The lowest BCUT2D eigenvalue weighted by Crippen LogP contribution is -2.23. The van der Waals surface area contributed by atoms with Gasteiger partial charge in [-0.15, -0.1) is 5.10 Å². The number of fused-ring (bicyclic) bond motifs is 1.